The summed E-state index contributed by atoms with van der Waals surface area (Å²) < 4.78 is 0. The van der Waals surface area contributed by atoms with Crippen molar-refractivity contribution < 1.29 is 0 Å². The fourth-order valence-corrected chi connectivity index (χ4v) is 4.49. The van der Waals surface area contributed by atoms with Gasteiger partial charge < -0.3 is 10.2 Å². The summed E-state index contributed by atoms with van der Waals surface area (Å²) in [5.41, 5.74) is 3.51. The molecule has 0 aromatic heterocycles. The summed E-state index contributed by atoms with van der Waals surface area (Å²) >= 11 is 0. The Hall–Kier alpha value is -1.02. The van der Waals surface area contributed by atoms with Crippen molar-refractivity contribution in [2.75, 3.05) is 31.1 Å². The maximum atomic E-state index is 3.65. The Kier molecular flexibility index (Phi) is 4.54. The van der Waals surface area contributed by atoms with Gasteiger partial charge in [0, 0.05) is 30.7 Å². The molecule has 0 saturated heterocycles. The molecule has 0 radical (unpaired) electrons. The number of fused-ring (bicyclic) bond motifs is 1. The van der Waals surface area contributed by atoms with Crippen LogP contribution in [0.2, 0.25) is 0 Å². The Morgan fingerprint density at radius 2 is 2.19 bits per heavy atom. The average molecular weight is 286 g/mol. The van der Waals surface area contributed by atoms with Crippen LogP contribution in [0.1, 0.15) is 45.1 Å². The highest BCUT2D eigenvalue weighted by molar-refractivity contribution is 5.58. The third-order valence-corrected chi connectivity index (χ3v) is 5.45. The number of para-hydroxylation sites is 1. The molecule has 1 aromatic carbocycles. The van der Waals surface area contributed by atoms with Gasteiger partial charge in [0.1, 0.15) is 0 Å². The summed E-state index contributed by atoms with van der Waals surface area (Å²) in [6.45, 7) is 9.39. The van der Waals surface area contributed by atoms with E-state index in [2.05, 4.69) is 48.3 Å². The molecule has 2 heteroatoms. The third-order valence-electron chi connectivity index (χ3n) is 5.45. The molecule has 0 amide bonds. The molecule has 1 saturated carbocycles. The molecular formula is C19H30N2. The highest BCUT2D eigenvalue weighted by Gasteiger charge is 2.37. The van der Waals surface area contributed by atoms with Crippen LogP contribution in [-0.2, 0) is 6.42 Å². The van der Waals surface area contributed by atoms with Crippen LogP contribution >= 0.6 is 0 Å². The van der Waals surface area contributed by atoms with Gasteiger partial charge in [0.2, 0.25) is 0 Å². The topological polar surface area (TPSA) is 15.3 Å². The van der Waals surface area contributed by atoms with Crippen molar-refractivity contribution in [3.8, 4) is 0 Å². The molecule has 1 aromatic rings. The summed E-state index contributed by atoms with van der Waals surface area (Å²) in [4.78, 5) is 2.66. The quantitative estimate of drug-likeness (QED) is 0.884. The van der Waals surface area contributed by atoms with E-state index >= 15 is 0 Å². The fraction of sp³-hybridized carbons (Fsp3) is 0.684. The summed E-state index contributed by atoms with van der Waals surface area (Å²) in [6, 6.07) is 8.99. The highest BCUT2D eigenvalue weighted by atomic mass is 15.2. The van der Waals surface area contributed by atoms with E-state index in [1.54, 1.807) is 5.56 Å². The van der Waals surface area contributed by atoms with E-state index in [0.29, 0.717) is 5.41 Å². The second-order valence-corrected chi connectivity index (χ2v) is 7.28. The lowest BCUT2D eigenvalue weighted by Gasteiger charge is -2.43. The van der Waals surface area contributed by atoms with Crippen LogP contribution in [0.4, 0.5) is 5.69 Å². The van der Waals surface area contributed by atoms with Gasteiger partial charge in [-0.15, -0.1) is 0 Å². The Morgan fingerprint density at radius 3 is 3.00 bits per heavy atom. The average Bonchev–Trinajstić information content (AvgIpc) is 2.89. The van der Waals surface area contributed by atoms with Crippen molar-refractivity contribution in [3.63, 3.8) is 0 Å². The maximum Gasteiger partial charge on any atom is 0.0399 e. The van der Waals surface area contributed by atoms with E-state index < -0.39 is 0 Å². The zero-order chi connectivity index (χ0) is 14.7. The second-order valence-electron chi connectivity index (χ2n) is 7.28. The minimum atomic E-state index is 0.477. The summed E-state index contributed by atoms with van der Waals surface area (Å²) in [6.07, 6.45) is 6.83. The lowest BCUT2D eigenvalue weighted by Crippen LogP contribution is -2.46. The minimum Gasteiger partial charge on any atom is -0.370 e. The van der Waals surface area contributed by atoms with Gasteiger partial charge in [-0.3, -0.25) is 0 Å². The molecule has 2 aliphatic rings. The van der Waals surface area contributed by atoms with Crippen molar-refractivity contribution in [1.82, 2.24) is 5.32 Å². The van der Waals surface area contributed by atoms with Crippen LogP contribution in [0.3, 0.4) is 0 Å². The fourth-order valence-electron chi connectivity index (χ4n) is 4.49. The molecule has 0 spiro atoms. The standard InChI is InChI=1S/C19H30N2/c1-3-20-14-19(11-6-7-16(2)13-19)15-21-12-10-17-8-4-5-9-18(17)21/h4-5,8-9,16,20H,3,6-7,10-15H2,1-2H3. The van der Waals surface area contributed by atoms with E-state index in [9.17, 15) is 0 Å². The van der Waals surface area contributed by atoms with Crippen molar-refractivity contribution in [2.24, 2.45) is 11.3 Å². The normalized spacial score (nSPS) is 28.7. The Morgan fingerprint density at radius 1 is 1.33 bits per heavy atom. The third kappa shape index (κ3) is 3.26. The van der Waals surface area contributed by atoms with E-state index in [1.807, 2.05) is 0 Å². The molecule has 0 bridgehead atoms. The number of nitrogens with one attached hydrogen (secondary N) is 1. The molecule has 1 fully saturated rings. The largest absolute Gasteiger partial charge is 0.370 e. The van der Waals surface area contributed by atoms with Crippen molar-refractivity contribution >= 4 is 5.69 Å². The summed E-state index contributed by atoms with van der Waals surface area (Å²) in [5.74, 6) is 0.884. The first-order chi connectivity index (χ1) is 10.2. The number of hydrogen-bond acceptors (Lipinski definition) is 2. The SMILES string of the molecule is CCNCC1(CN2CCc3ccccc32)CCCC(C)C1. The van der Waals surface area contributed by atoms with E-state index in [1.165, 1.54) is 57.4 Å². The first-order valence-corrected chi connectivity index (χ1v) is 8.76. The Labute approximate surface area is 129 Å². The number of benzene rings is 1. The molecule has 2 atom stereocenters. The van der Waals surface area contributed by atoms with Gasteiger partial charge >= 0.3 is 0 Å². The highest BCUT2D eigenvalue weighted by Crippen LogP contribution is 2.41. The van der Waals surface area contributed by atoms with Gasteiger partial charge in [-0.25, -0.2) is 0 Å². The van der Waals surface area contributed by atoms with Crippen LogP contribution in [-0.4, -0.2) is 26.2 Å². The van der Waals surface area contributed by atoms with Gasteiger partial charge in [-0.05, 0) is 43.4 Å². The zero-order valence-corrected chi connectivity index (χ0v) is 13.7. The number of nitrogens with zero attached hydrogens (tertiary/aromatic N) is 1. The number of rotatable bonds is 5. The number of anilines is 1. The molecule has 3 rings (SSSR count). The predicted octanol–water partition coefficient (Wildman–Crippen LogP) is 3.86. The smallest absolute Gasteiger partial charge is 0.0399 e. The molecular weight excluding hydrogens is 256 g/mol. The summed E-state index contributed by atoms with van der Waals surface area (Å²) in [5, 5.41) is 3.65. The van der Waals surface area contributed by atoms with E-state index in [0.717, 1.165) is 12.5 Å². The van der Waals surface area contributed by atoms with Gasteiger partial charge in [-0.2, -0.15) is 0 Å². The number of hydrogen-bond donors (Lipinski definition) is 1. The van der Waals surface area contributed by atoms with Gasteiger partial charge in [-0.1, -0.05) is 44.9 Å². The van der Waals surface area contributed by atoms with Crippen molar-refractivity contribution in [3.05, 3.63) is 29.8 Å². The monoisotopic (exact) mass is 286 g/mol. The Balaban J connectivity index is 1.76. The first-order valence-electron chi connectivity index (χ1n) is 8.76. The van der Waals surface area contributed by atoms with E-state index in [4.69, 9.17) is 0 Å². The molecule has 1 N–H and O–H groups in total. The van der Waals surface area contributed by atoms with Crippen molar-refractivity contribution in [1.29, 1.82) is 0 Å². The van der Waals surface area contributed by atoms with Gasteiger partial charge in [0.15, 0.2) is 0 Å². The lowest BCUT2D eigenvalue weighted by atomic mass is 9.69. The van der Waals surface area contributed by atoms with E-state index in [-0.39, 0.29) is 0 Å². The molecule has 116 valence electrons. The lowest BCUT2D eigenvalue weighted by molar-refractivity contribution is 0.148. The molecule has 1 aliphatic carbocycles. The Bertz CT molecular complexity index is 470. The second kappa shape index (κ2) is 6.39. The van der Waals surface area contributed by atoms with Crippen LogP contribution < -0.4 is 10.2 Å². The van der Waals surface area contributed by atoms with Crippen LogP contribution in [0.15, 0.2) is 24.3 Å². The van der Waals surface area contributed by atoms with Gasteiger partial charge in [0.25, 0.3) is 0 Å². The molecule has 21 heavy (non-hydrogen) atoms. The molecule has 1 aliphatic heterocycles. The predicted molar refractivity (Wildman–Crippen MR) is 91.0 cm³/mol. The minimum absolute atomic E-state index is 0.477. The molecule has 2 nitrogen and oxygen atoms in total. The summed E-state index contributed by atoms with van der Waals surface area (Å²) in [7, 11) is 0. The molecule has 2 unspecified atom stereocenters. The van der Waals surface area contributed by atoms with Crippen LogP contribution in [0.5, 0.6) is 0 Å². The molecule has 1 heterocycles. The van der Waals surface area contributed by atoms with Crippen molar-refractivity contribution in [2.45, 2.75) is 46.0 Å². The maximum absolute atomic E-state index is 3.65. The van der Waals surface area contributed by atoms with Crippen LogP contribution in [0, 0.1) is 11.3 Å². The van der Waals surface area contributed by atoms with Gasteiger partial charge in [0.05, 0.1) is 0 Å². The van der Waals surface area contributed by atoms with Crippen LogP contribution in [0.25, 0.3) is 0 Å². The first kappa shape index (κ1) is 14.9. The zero-order valence-electron chi connectivity index (χ0n) is 13.7.